The van der Waals surface area contributed by atoms with Crippen molar-refractivity contribution in [1.82, 2.24) is 10.2 Å². The van der Waals surface area contributed by atoms with Gasteiger partial charge in [0.05, 0.1) is 5.02 Å². The minimum atomic E-state index is -0.106. The molecule has 0 saturated carbocycles. The summed E-state index contributed by atoms with van der Waals surface area (Å²) in [5.74, 6) is 0.229. The molecule has 3 rings (SSSR count). The van der Waals surface area contributed by atoms with Crippen LogP contribution in [-0.2, 0) is 4.79 Å². The van der Waals surface area contributed by atoms with E-state index < -0.39 is 0 Å². The topological polar surface area (TPSA) is 61.9 Å². The fraction of sp³-hybridized carbons (Fsp3) is 0.364. The second-order valence-corrected chi connectivity index (χ2v) is 8.28. The normalized spacial score (nSPS) is 14.3. The van der Waals surface area contributed by atoms with E-state index in [1.807, 2.05) is 43.3 Å². The molecule has 0 atom stereocenters. The van der Waals surface area contributed by atoms with E-state index in [1.165, 1.54) is 0 Å². The van der Waals surface area contributed by atoms with Gasteiger partial charge in [-0.25, -0.2) is 0 Å². The number of halogens is 2. The summed E-state index contributed by atoms with van der Waals surface area (Å²) in [5.41, 5.74) is 1.67. The molecule has 1 fully saturated rings. The van der Waals surface area contributed by atoms with Gasteiger partial charge >= 0.3 is 0 Å². The summed E-state index contributed by atoms with van der Waals surface area (Å²) in [6, 6.07) is 12.4. The van der Waals surface area contributed by atoms with Gasteiger partial charge in [0.25, 0.3) is 11.8 Å². The molecule has 0 radical (unpaired) electrons. The maximum absolute atomic E-state index is 12.5. The highest BCUT2D eigenvalue weighted by Gasteiger charge is 2.24. The molecule has 0 aliphatic carbocycles. The molecular formula is C22H25Cl2N3O3. The SMILES string of the molecule is CN(C)c1ccc(C(=O)NC2CCN(C(=O)COc3ccc(Cl)cc3Cl)CC2)cc1. The Hall–Kier alpha value is -2.44. The van der Waals surface area contributed by atoms with Crippen LogP contribution in [0, 0.1) is 0 Å². The first kappa shape index (κ1) is 22.2. The monoisotopic (exact) mass is 449 g/mol. The van der Waals surface area contributed by atoms with Gasteiger partial charge in [0, 0.05) is 49.5 Å². The Kier molecular flexibility index (Phi) is 7.45. The summed E-state index contributed by atoms with van der Waals surface area (Å²) in [4.78, 5) is 28.6. The number of likely N-dealkylation sites (tertiary alicyclic amines) is 1. The highest BCUT2D eigenvalue weighted by Crippen LogP contribution is 2.27. The van der Waals surface area contributed by atoms with Crippen LogP contribution in [0.2, 0.25) is 10.0 Å². The van der Waals surface area contributed by atoms with Crippen LogP contribution in [0.25, 0.3) is 0 Å². The molecule has 1 aliphatic rings. The third-order valence-electron chi connectivity index (χ3n) is 5.07. The van der Waals surface area contributed by atoms with E-state index in [0.29, 0.717) is 47.3 Å². The number of anilines is 1. The summed E-state index contributed by atoms with van der Waals surface area (Å²) in [6.07, 6.45) is 1.41. The van der Waals surface area contributed by atoms with Crippen molar-refractivity contribution in [2.24, 2.45) is 0 Å². The molecule has 30 heavy (non-hydrogen) atoms. The fourth-order valence-corrected chi connectivity index (χ4v) is 3.74. The van der Waals surface area contributed by atoms with Crippen molar-refractivity contribution < 1.29 is 14.3 Å². The second-order valence-electron chi connectivity index (χ2n) is 7.43. The first-order valence-electron chi connectivity index (χ1n) is 9.77. The molecular weight excluding hydrogens is 425 g/mol. The lowest BCUT2D eigenvalue weighted by Gasteiger charge is -2.32. The molecule has 1 saturated heterocycles. The number of nitrogens with one attached hydrogen (secondary N) is 1. The molecule has 160 valence electrons. The number of carbonyl (C=O) groups excluding carboxylic acids is 2. The molecule has 0 aromatic heterocycles. The lowest BCUT2D eigenvalue weighted by Crippen LogP contribution is -2.47. The molecule has 0 unspecified atom stereocenters. The third-order valence-corrected chi connectivity index (χ3v) is 5.60. The van der Waals surface area contributed by atoms with E-state index in [4.69, 9.17) is 27.9 Å². The van der Waals surface area contributed by atoms with E-state index in [1.54, 1.807) is 23.1 Å². The summed E-state index contributed by atoms with van der Waals surface area (Å²) < 4.78 is 5.53. The summed E-state index contributed by atoms with van der Waals surface area (Å²) >= 11 is 11.9. The van der Waals surface area contributed by atoms with Crippen molar-refractivity contribution in [3.63, 3.8) is 0 Å². The summed E-state index contributed by atoms with van der Waals surface area (Å²) in [5, 5.41) is 3.94. The Morgan fingerprint density at radius 2 is 1.77 bits per heavy atom. The first-order chi connectivity index (χ1) is 14.3. The Balaban J connectivity index is 1.44. The standard InChI is InChI=1S/C22H25Cl2N3O3/c1-26(2)18-6-3-15(4-7-18)22(29)25-17-9-11-27(12-10-17)21(28)14-30-20-8-5-16(23)13-19(20)24/h3-8,13,17H,9-12,14H2,1-2H3,(H,25,29). The van der Waals surface area contributed by atoms with Crippen LogP contribution < -0.4 is 15.0 Å². The second kappa shape index (κ2) is 10.0. The summed E-state index contributed by atoms with van der Waals surface area (Å²) in [7, 11) is 3.92. The van der Waals surface area contributed by atoms with Crippen LogP contribution in [0.3, 0.4) is 0 Å². The number of rotatable bonds is 6. The Morgan fingerprint density at radius 1 is 1.10 bits per heavy atom. The minimum absolute atomic E-state index is 0.0432. The Morgan fingerprint density at radius 3 is 2.37 bits per heavy atom. The van der Waals surface area contributed by atoms with Gasteiger partial charge < -0.3 is 19.9 Å². The zero-order valence-corrected chi connectivity index (χ0v) is 18.5. The molecule has 0 spiro atoms. The number of hydrogen-bond donors (Lipinski definition) is 1. The molecule has 1 aliphatic heterocycles. The molecule has 8 heteroatoms. The molecule has 1 N–H and O–H groups in total. The maximum Gasteiger partial charge on any atom is 0.260 e. The van der Waals surface area contributed by atoms with Gasteiger partial charge in [-0.2, -0.15) is 0 Å². The van der Waals surface area contributed by atoms with Crippen LogP contribution in [0.1, 0.15) is 23.2 Å². The van der Waals surface area contributed by atoms with E-state index in [9.17, 15) is 9.59 Å². The smallest absolute Gasteiger partial charge is 0.260 e. The zero-order valence-electron chi connectivity index (χ0n) is 17.0. The number of benzene rings is 2. The number of ether oxygens (including phenoxy) is 1. The van der Waals surface area contributed by atoms with Crippen LogP contribution in [0.15, 0.2) is 42.5 Å². The Bertz CT molecular complexity index is 895. The van der Waals surface area contributed by atoms with Crippen LogP contribution in [0.4, 0.5) is 5.69 Å². The number of hydrogen-bond acceptors (Lipinski definition) is 4. The van der Waals surface area contributed by atoms with Gasteiger partial charge in [-0.3, -0.25) is 9.59 Å². The van der Waals surface area contributed by atoms with Crippen molar-refractivity contribution in [1.29, 1.82) is 0 Å². The van der Waals surface area contributed by atoms with E-state index >= 15 is 0 Å². The maximum atomic E-state index is 12.5. The summed E-state index contributed by atoms with van der Waals surface area (Å²) in [6.45, 7) is 1.05. The van der Waals surface area contributed by atoms with E-state index in [2.05, 4.69) is 5.32 Å². The first-order valence-corrected chi connectivity index (χ1v) is 10.5. The molecule has 6 nitrogen and oxygen atoms in total. The average molecular weight is 450 g/mol. The van der Waals surface area contributed by atoms with Crippen molar-refractivity contribution in [2.75, 3.05) is 38.7 Å². The predicted octanol–water partition coefficient (Wildman–Crippen LogP) is 3.86. The highest BCUT2D eigenvalue weighted by molar-refractivity contribution is 6.35. The largest absolute Gasteiger partial charge is 0.482 e. The quantitative estimate of drug-likeness (QED) is 0.726. The number of piperidine rings is 1. The number of amides is 2. The van der Waals surface area contributed by atoms with Crippen molar-refractivity contribution >= 4 is 40.7 Å². The predicted molar refractivity (Wildman–Crippen MR) is 120 cm³/mol. The van der Waals surface area contributed by atoms with Crippen molar-refractivity contribution in [3.8, 4) is 5.75 Å². The Labute approximate surface area is 186 Å². The van der Waals surface area contributed by atoms with Gasteiger partial charge in [-0.1, -0.05) is 23.2 Å². The van der Waals surface area contributed by atoms with Crippen molar-refractivity contribution in [2.45, 2.75) is 18.9 Å². The van der Waals surface area contributed by atoms with Crippen molar-refractivity contribution in [3.05, 3.63) is 58.1 Å². The average Bonchev–Trinajstić information content (AvgIpc) is 2.73. The number of carbonyl (C=O) groups is 2. The number of nitrogens with zero attached hydrogens (tertiary/aromatic N) is 2. The van der Waals surface area contributed by atoms with Crippen LogP contribution >= 0.6 is 23.2 Å². The molecule has 2 aromatic rings. The van der Waals surface area contributed by atoms with Gasteiger partial charge in [-0.05, 0) is 55.3 Å². The molecule has 1 heterocycles. The fourth-order valence-electron chi connectivity index (χ4n) is 3.28. The molecule has 2 aromatic carbocycles. The van der Waals surface area contributed by atoms with Gasteiger partial charge in [0.2, 0.25) is 0 Å². The van der Waals surface area contributed by atoms with Crippen LogP contribution in [-0.4, -0.2) is 56.5 Å². The van der Waals surface area contributed by atoms with E-state index in [-0.39, 0.29) is 24.5 Å². The van der Waals surface area contributed by atoms with Gasteiger partial charge in [0.1, 0.15) is 5.75 Å². The lowest BCUT2D eigenvalue weighted by molar-refractivity contribution is -0.134. The van der Waals surface area contributed by atoms with Gasteiger partial charge in [0.15, 0.2) is 6.61 Å². The van der Waals surface area contributed by atoms with E-state index in [0.717, 1.165) is 5.69 Å². The highest BCUT2D eigenvalue weighted by atomic mass is 35.5. The van der Waals surface area contributed by atoms with Gasteiger partial charge in [-0.15, -0.1) is 0 Å². The molecule has 0 bridgehead atoms. The zero-order chi connectivity index (χ0) is 21.7. The third kappa shape index (κ3) is 5.80. The lowest BCUT2D eigenvalue weighted by atomic mass is 10.0. The van der Waals surface area contributed by atoms with Crippen LogP contribution in [0.5, 0.6) is 5.75 Å². The minimum Gasteiger partial charge on any atom is -0.482 e. The molecule has 2 amide bonds.